The van der Waals surface area contributed by atoms with E-state index in [1.807, 2.05) is 31.2 Å². The highest BCUT2D eigenvalue weighted by Crippen LogP contribution is 2.32. The van der Waals surface area contributed by atoms with Crippen molar-refractivity contribution in [1.82, 2.24) is 9.88 Å². The first kappa shape index (κ1) is 21.8. The van der Waals surface area contributed by atoms with Crippen molar-refractivity contribution in [2.24, 2.45) is 0 Å². The van der Waals surface area contributed by atoms with Gasteiger partial charge in [0.05, 0.1) is 18.2 Å². The van der Waals surface area contributed by atoms with Crippen LogP contribution in [0.3, 0.4) is 0 Å². The van der Waals surface area contributed by atoms with Crippen LogP contribution in [0.1, 0.15) is 24.9 Å². The number of hydrogen-bond donors (Lipinski definition) is 2. The average molecular weight is 432 g/mol. The zero-order chi connectivity index (χ0) is 21.7. The molecule has 3 rings (SSSR count). The summed E-state index contributed by atoms with van der Waals surface area (Å²) in [6.07, 6.45) is 2.10. The number of hydrogen-bond acceptors (Lipinski definition) is 4. The zero-order valence-corrected chi connectivity index (χ0v) is 17.5. The zero-order valence-electron chi connectivity index (χ0n) is 16.7. The number of methoxy groups -OCH3 is 1. The third-order valence-corrected chi connectivity index (χ3v) is 5.18. The Hall–Kier alpha value is -2.90. The normalized spacial score (nSPS) is 11.9. The number of aliphatic hydroxyl groups is 1. The van der Waals surface area contributed by atoms with Gasteiger partial charge in [0.2, 0.25) is 5.88 Å². The molecule has 0 saturated heterocycles. The Morgan fingerprint density at radius 2 is 2.03 bits per heavy atom. The predicted octanol–water partition coefficient (Wildman–Crippen LogP) is 5.01. The highest BCUT2D eigenvalue weighted by atomic mass is 35.5. The summed E-state index contributed by atoms with van der Waals surface area (Å²) in [4.78, 5) is 19.0. The molecular weight excluding hydrogens is 409 g/mol. The van der Waals surface area contributed by atoms with Gasteiger partial charge in [-0.15, -0.1) is 0 Å². The van der Waals surface area contributed by atoms with Gasteiger partial charge in [-0.3, -0.25) is 0 Å². The third kappa shape index (κ3) is 4.63. The van der Waals surface area contributed by atoms with Crippen molar-refractivity contribution >= 4 is 34.1 Å². The second kappa shape index (κ2) is 9.73. The molecule has 2 amide bonds. The Morgan fingerprint density at radius 1 is 1.30 bits per heavy atom. The second-order valence-corrected chi connectivity index (χ2v) is 7.18. The quantitative estimate of drug-likeness (QED) is 0.551. The van der Waals surface area contributed by atoms with Gasteiger partial charge in [0.25, 0.3) is 0 Å². The van der Waals surface area contributed by atoms with Gasteiger partial charge in [-0.2, -0.15) is 0 Å². The summed E-state index contributed by atoms with van der Waals surface area (Å²) in [6, 6.07) is 10.9. The van der Waals surface area contributed by atoms with Gasteiger partial charge < -0.3 is 20.1 Å². The van der Waals surface area contributed by atoms with E-state index in [0.717, 1.165) is 16.3 Å². The van der Waals surface area contributed by atoms with E-state index in [1.54, 1.807) is 18.2 Å². The van der Waals surface area contributed by atoms with Crippen LogP contribution in [0.5, 0.6) is 5.88 Å². The van der Waals surface area contributed by atoms with E-state index in [9.17, 15) is 14.3 Å². The van der Waals surface area contributed by atoms with Gasteiger partial charge >= 0.3 is 6.03 Å². The van der Waals surface area contributed by atoms with Gasteiger partial charge in [-0.05, 0) is 43.0 Å². The van der Waals surface area contributed by atoms with Gasteiger partial charge in [0.1, 0.15) is 5.82 Å². The first-order valence-corrected chi connectivity index (χ1v) is 9.89. The number of ether oxygens (including phenoxy) is 1. The van der Waals surface area contributed by atoms with E-state index < -0.39 is 11.8 Å². The molecule has 158 valence electrons. The Bertz CT molecular complexity index is 1050. The number of nitrogens with one attached hydrogen (secondary N) is 1. The van der Waals surface area contributed by atoms with E-state index in [-0.39, 0.29) is 17.7 Å². The van der Waals surface area contributed by atoms with Crippen LogP contribution in [-0.2, 0) is 0 Å². The molecule has 1 atom stereocenters. The monoisotopic (exact) mass is 431 g/mol. The van der Waals surface area contributed by atoms with E-state index in [1.165, 1.54) is 18.2 Å². The molecule has 2 aromatic carbocycles. The molecule has 0 saturated carbocycles. The summed E-state index contributed by atoms with van der Waals surface area (Å²) in [5, 5.41) is 13.7. The van der Waals surface area contributed by atoms with Crippen molar-refractivity contribution in [2.45, 2.75) is 19.4 Å². The summed E-state index contributed by atoms with van der Waals surface area (Å²) in [5.41, 5.74) is 1.22. The molecule has 0 aliphatic carbocycles. The molecule has 2 N–H and O–H groups in total. The average Bonchev–Trinajstić information content (AvgIpc) is 2.75. The molecule has 0 radical (unpaired) electrons. The summed E-state index contributed by atoms with van der Waals surface area (Å²) < 4.78 is 18.8. The van der Waals surface area contributed by atoms with Gasteiger partial charge in [0, 0.05) is 36.0 Å². The third-order valence-electron chi connectivity index (χ3n) is 4.89. The van der Waals surface area contributed by atoms with Crippen LogP contribution in [0, 0.1) is 5.82 Å². The van der Waals surface area contributed by atoms with Crippen molar-refractivity contribution in [3.63, 3.8) is 0 Å². The van der Waals surface area contributed by atoms with Crippen molar-refractivity contribution in [1.29, 1.82) is 0 Å². The Balaban J connectivity index is 1.94. The molecule has 1 heterocycles. The fourth-order valence-corrected chi connectivity index (χ4v) is 3.51. The van der Waals surface area contributed by atoms with Gasteiger partial charge in [0.15, 0.2) is 0 Å². The number of pyridine rings is 1. The van der Waals surface area contributed by atoms with E-state index in [0.29, 0.717) is 24.5 Å². The summed E-state index contributed by atoms with van der Waals surface area (Å²) >= 11 is 5.82. The van der Waals surface area contributed by atoms with E-state index >= 15 is 0 Å². The van der Waals surface area contributed by atoms with E-state index in [4.69, 9.17) is 16.3 Å². The van der Waals surface area contributed by atoms with Crippen molar-refractivity contribution < 1.29 is 19.0 Å². The molecule has 30 heavy (non-hydrogen) atoms. The predicted molar refractivity (Wildman–Crippen MR) is 116 cm³/mol. The van der Waals surface area contributed by atoms with Crippen LogP contribution in [0.2, 0.25) is 5.02 Å². The fourth-order valence-electron chi connectivity index (χ4n) is 3.33. The maximum Gasteiger partial charge on any atom is 0.322 e. The molecular formula is C22H23ClFN3O3. The highest BCUT2D eigenvalue weighted by molar-refractivity contribution is 6.31. The van der Waals surface area contributed by atoms with Crippen molar-refractivity contribution in [3.05, 3.63) is 65.1 Å². The fraction of sp³-hybridized carbons (Fsp3) is 0.273. The molecule has 0 bridgehead atoms. The lowest BCUT2D eigenvalue weighted by Crippen LogP contribution is -2.38. The lowest BCUT2D eigenvalue weighted by atomic mass is 10.0. The first-order valence-electron chi connectivity index (χ1n) is 9.51. The topological polar surface area (TPSA) is 74.7 Å². The number of aliphatic hydroxyl groups excluding tert-OH is 1. The molecule has 6 nitrogen and oxygen atoms in total. The van der Waals surface area contributed by atoms with Crippen LogP contribution in [0.25, 0.3) is 10.8 Å². The smallest absolute Gasteiger partial charge is 0.322 e. The number of halogens is 2. The first-order chi connectivity index (χ1) is 14.5. The molecule has 8 heteroatoms. The minimum atomic E-state index is -0.559. The number of carbonyl (C=O) groups is 1. The molecule has 1 aromatic heterocycles. The molecule has 0 spiro atoms. The Morgan fingerprint density at radius 3 is 2.70 bits per heavy atom. The minimum Gasteiger partial charge on any atom is -0.481 e. The summed E-state index contributed by atoms with van der Waals surface area (Å²) in [7, 11) is 1.56. The van der Waals surface area contributed by atoms with Crippen molar-refractivity contribution in [3.8, 4) is 5.88 Å². The number of nitrogens with zero attached hydrogens (tertiary/aromatic N) is 2. The maximum atomic E-state index is 13.4. The summed E-state index contributed by atoms with van der Waals surface area (Å²) in [6.45, 7) is 2.16. The number of urea groups is 1. The maximum absolute atomic E-state index is 13.4. The Kier molecular flexibility index (Phi) is 7.07. The van der Waals surface area contributed by atoms with Crippen LogP contribution in [-0.4, -0.2) is 41.3 Å². The molecule has 0 fully saturated rings. The SMILES string of the molecule is COc1ncc(C(C)N(CCCO)C(=O)Nc2ccc(F)c(Cl)c2)c2ccccc12. The molecule has 3 aromatic rings. The minimum absolute atomic E-state index is 0.0551. The van der Waals surface area contributed by atoms with Gasteiger partial charge in [-0.1, -0.05) is 29.8 Å². The van der Waals surface area contributed by atoms with E-state index in [2.05, 4.69) is 10.3 Å². The molecule has 1 unspecified atom stereocenters. The number of benzene rings is 2. The largest absolute Gasteiger partial charge is 0.481 e. The number of aromatic nitrogens is 1. The van der Waals surface area contributed by atoms with Crippen molar-refractivity contribution in [2.75, 3.05) is 25.6 Å². The number of carbonyl (C=O) groups excluding carboxylic acids is 1. The lowest BCUT2D eigenvalue weighted by Gasteiger charge is -2.30. The highest BCUT2D eigenvalue weighted by Gasteiger charge is 2.24. The number of fused-ring (bicyclic) bond motifs is 1. The summed E-state index contributed by atoms with van der Waals surface area (Å²) in [5.74, 6) is -0.0511. The van der Waals surface area contributed by atoms with Gasteiger partial charge in [-0.25, -0.2) is 14.2 Å². The standard InChI is InChI=1S/C22H23ClFN3O3/c1-14(18-13-25-21(30-2)17-7-4-3-6-16(17)18)27(10-5-11-28)22(29)26-15-8-9-20(24)19(23)12-15/h3-4,6-9,12-14,28H,5,10-11H2,1-2H3,(H,26,29). The lowest BCUT2D eigenvalue weighted by molar-refractivity contribution is 0.182. The second-order valence-electron chi connectivity index (χ2n) is 6.77. The van der Waals surface area contributed by atoms with Crippen LogP contribution >= 0.6 is 11.6 Å². The van der Waals surface area contributed by atoms with Crippen LogP contribution < -0.4 is 10.1 Å². The number of anilines is 1. The molecule has 0 aliphatic rings. The molecule has 0 aliphatic heterocycles. The van der Waals surface area contributed by atoms with Crippen LogP contribution in [0.15, 0.2) is 48.7 Å². The Labute approximate surface area is 179 Å². The number of rotatable bonds is 7. The number of amides is 2. The van der Waals surface area contributed by atoms with Crippen LogP contribution in [0.4, 0.5) is 14.9 Å².